The Morgan fingerprint density at radius 3 is 2.32 bits per heavy atom. The Labute approximate surface area is 232 Å². The Morgan fingerprint density at radius 1 is 0.951 bits per heavy atom. The second-order valence-electron chi connectivity index (χ2n) is 9.18. The minimum Gasteiger partial charge on any atom is -0.478 e. The van der Waals surface area contributed by atoms with Crippen molar-refractivity contribution < 1.29 is 38.2 Å². The van der Waals surface area contributed by atoms with Crippen molar-refractivity contribution in [3.63, 3.8) is 0 Å². The van der Waals surface area contributed by atoms with Gasteiger partial charge in [-0.15, -0.1) is 0 Å². The molecular formula is C30H24N2O9. The average molecular weight is 557 g/mol. The van der Waals surface area contributed by atoms with Crippen molar-refractivity contribution in [1.29, 1.82) is 0 Å². The molecule has 0 saturated carbocycles. The van der Waals surface area contributed by atoms with Gasteiger partial charge < -0.3 is 23.8 Å². The van der Waals surface area contributed by atoms with Crippen molar-refractivity contribution in [2.45, 2.75) is 26.8 Å². The fraction of sp³-hybridized carbons (Fsp3) is 0.167. The lowest BCUT2D eigenvalue weighted by molar-refractivity contribution is -0.131. The summed E-state index contributed by atoms with van der Waals surface area (Å²) in [5.41, 5.74) is 3.33. The van der Waals surface area contributed by atoms with Gasteiger partial charge in [0.15, 0.2) is 5.76 Å². The van der Waals surface area contributed by atoms with E-state index in [1.165, 1.54) is 12.1 Å². The third kappa shape index (κ3) is 5.24. The minimum atomic E-state index is -1.54. The van der Waals surface area contributed by atoms with Gasteiger partial charge in [-0.1, -0.05) is 54.6 Å². The summed E-state index contributed by atoms with van der Waals surface area (Å²) < 4.78 is 17.6. The fourth-order valence-corrected chi connectivity index (χ4v) is 4.70. The number of aromatic carboxylic acids is 1. The van der Waals surface area contributed by atoms with Crippen LogP contribution in [0.5, 0.6) is 6.01 Å². The van der Waals surface area contributed by atoms with Gasteiger partial charge in [-0.05, 0) is 42.2 Å². The van der Waals surface area contributed by atoms with Crippen molar-refractivity contribution in [3.8, 4) is 17.1 Å². The molecule has 11 nitrogen and oxygen atoms in total. The highest BCUT2D eigenvalue weighted by atomic mass is 16.6. The van der Waals surface area contributed by atoms with Gasteiger partial charge in [-0.25, -0.2) is 14.4 Å². The fourth-order valence-electron chi connectivity index (χ4n) is 4.70. The first kappa shape index (κ1) is 27.1. The van der Waals surface area contributed by atoms with Crippen molar-refractivity contribution in [3.05, 3.63) is 105 Å². The Morgan fingerprint density at radius 2 is 1.68 bits per heavy atom. The normalized spacial score (nSPS) is 11.1. The van der Waals surface area contributed by atoms with E-state index < -0.39 is 23.5 Å². The second-order valence-corrected chi connectivity index (χ2v) is 9.18. The predicted octanol–water partition coefficient (Wildman–Crippen LogP) is 4.56. The summed E-state index contributed by atoms with van der Waals surface area (Å²) in [6.45, 7) is 3.87. The van der Waals surface area contributed by atoms with E-state index in [4.69, 9.17) is 13.6 Å². The maximum atomic E-state index is 12.2. The number of Topliss-reactive ketones (excluding diaryl/α,β-unsaturated/α-hetero) is 1. The molecule has 3 aromatic carbocycles. The maximum Gasteiger partial charge on any atom is 0.519 e. The number of carboxylic acids is 2. The number of hydrogen-bond donors (Lipinski definition) is 2. The molecule has 208 valence electrons. The number of carboxylic acid groups (broad SMARTS) is 2. The zero-order chi connectivity index (χ0) is 29.3. The monoisotopic (exact) mass is 556 g/mol. The summed E-state index contributed by atoms with van der Waals surface area (Å²) >= 11 is 0. The van der Waals surface area contributed by atoms with Crippen LogP contribution in [0.1, 0.15) is 50.3 Å². The SMILES string of the molecule is CCOc1nc2c(Cc3oc(=O)oc3C)ccc(C(=O)O)c2n1Cc1ccc(-c2ccccc2C(=O)C(=O)O)cc1. The smallest absolute Gasteiger partial charge is 0.478 e. The lowest BCUT2D eigenvalue weighted by Crippen LogP contribution is -2.13. The van der Waals surface area contributed by atoms with Gasteiger partial charge in [0.2, 0.25) is 0 Å². The van der Waals surface area contributed by atoms with Crippen LogP contribution in [-0.4, -0.2) is 44.1 Å². The molecule has 0 atom stereocenters. The highest BCUT2D eigenvalue weighted by Gasteiger charge is 2.23. The molecule has 0 amide bonds. The molecule has 0 radical (unpaired) electrons. The summed E-state index contributed by atoms with van der Waals surface area (Å²) in [6.07, 6.45) is 0.152. The summed E-state index contributed by atoms with van der Waals surface area (Å²) in [4.78, 5) is 51.9. The number of aryl methyl sites for hydroxylation is 1. The van der Waals surface area contributed by atoms with Crippen LogP contribution in [0.15, 0.2) is 74.3 Å². The van der Waals surface area contributed by atoms with Gasteiger partial charge in [0.05, 0.1) is 29.7 Å². The van der Waals surface area contributed by atoms with E-state index in [1.807, 2.05) is 0 Å². The maximum absolute atomic E-state index is 12.2. The molecule has 0 aliphatic carbocycles. The van der Waals surface area contributed by atoms with Crippen LogP contribution in [0.4, 0.5) is 0 Å². The average Bonchev–Trinajstić information content (AvgIpc) is 3.47. The molecule has 0 saturated heterocycles. The number of carbonyl (C=O) groups is 3. The minimum absolute atomic E-state index is 0.0188. The number of ether oxygens (including phenoxy) is 1. The molecule has 0 aliphatic rings. The van der Waals surface area contributed by atoms with Crippen LogP contribution in [0.3, 0.4) is 0 Å². The van der Waals surface area contributed by atoms with E-state index >= 15 is 0 Å². The number of hydrogen-bond acceptors (Lipinski definition) is 8. The van der Waals surface area contributed by atoms with Gasteiger partial charge in [-0.2, -0.15) is 4.98 Å². The molecule has 0 aliphatic heterocycles. The van der Waals surface area contributed by atoms with Crippen molar-refractivity contribution in [2.75, 3.05) is 6.61 Å². The molecule has 41 heavy (non-hydrogen) atoms. The van der Waals surface area contributed by atoms with Gasteiger partial charge in [0.25, 0.3) is 11.8 Å². The molecule has 2 aromatic heterocycles. The highest BCUT2D eigenvalue weighted by Crippen LogP contribution is 2.31. The van der Waals surface area contributed by atoms with Gasteiger partial charge in [-0.3, -0.25) is 9.36 Å². The topological polar surface area (TPSA) is 162 Å². The first-order chi connectivity index (χ1) is 19.7. The number of fused-ring (bicyclic) bond motifs is 1. The van der Waals surface area contributed by atoms with Gasteiger partial charge >= 0.3 is 17.8 Å². The third-order valence-electron chi connectivity index (χ3n) is 6.61. The van der Waals surface area contributed by atoms with E-state index in [1.54, 1.807) is 66.9 Å². The number of imidazole rings is 1. The number of rotatable bonds is 10. The van der Waals surface area contributed by atoms with Crippen LogP contribution >= 0.6 is 0 Å². The Kier molecular flexibility index (Phi) is 7.26. The van der Waals surface area contributed by atoms with E-state index in [0.717, 1.165) is 5.56 Å². The molecular weight excluding hydrogens is 532 g/mol. The molecule has 0 unspecified atom stereocenters. The number of aliphatic carboxylic acids is 1. The number of nitrogens with zero attached hydrogens (tertiary/aromatic N) is 2. The molecule has 5 rings (SSSR count). The molecule has 0 spiro atoms. The van der Waals surface area contributed by atoms with E-state index in [9.17, 15) is 29.4 Å². The Balaban J connectivity index is 1.57. The summed E-state index contributed by atoms with van der Waals surface area (Å²) in [5.74, 6) is -3.88. The Bertz CT molecular complexity index is 1860. The molecule has 5 aromatic rings. The zero-order valence-corrected chi connectivity index (χ0v) is 22.0. The first-order valence-electron chi connectivity index (χ1n) is 12.6. The van der Waals surface area contributed by atoms with Crippen LogP contribution in [0.25, 0.3) is 22.2 Å². The zero-order valence-electron chi connectivity index (χ0n) is 22.0. The van der Waals surface area contributed by atoms with Crippen LogP contribution in [0.2, 0.25) is 0 Å². The number of aromatic nitrogens is 2. The van der Waals surface area contributed by atoms with Crippen LogP contribution in [-0.2, 0) is 17.8 Å². The third-order valence-corrected chi connectivity index (χ3v) is 6.61. The molecule has 2 heterocycles. The molecule has 0 bridgehead atoms. The molecule has 11 heteroatoms. The summed E-state index contributed by atoms with van der Waals surface area (Å²) in [7, 11) is 0. The quantitative estimate of drug-likeness (QED) is 0.184. The van der Waals surface area contributed by atoms with Crippen molar-refractivity contribution in [2.24, 2.45) is 0 Å². The number of ketones is 1. The molecule has 0 fully saturated rings. The lowest BCUT2D eigenvalue weighted by atomic mass is 9.96. The number of carbonyl (C=O) groups excluding carboxylic acids is 1. The highest BCUT2D eigenvalue weighted by molar-refractivity contribution is 6.41. The van der Waals surface area contributed by atoms with Crippen molar-refractivity contribution in [1.82, 2.24) is 9.55 Å². The predicted molar refractivity (Wildman–Crippen MR) is 146 cm³/mol. The van der Waals surface area contributed by atoms with Crippen LogP contribution < -0.4 is 10.6 Å². The van der Waals surface area contributed by atoms with E-state index in [0.29, 0.717) is 39.2 Å². The second kappa shape index (κ2) is 11.0. The van der Waals surface area contributed by atoms with E-state index in [2.05, 4.69) is 4.98 Å². The van der Waals surface area contributed by atoms with Crippen LogP contribution in [0, 0.1) is 6.92 Å². The summed E-state index contributed by atoms with van der Waals surface area (Å²) in [5, 5.41) is 19.2. The first-order valence-corrected chi connectivity index (χ1v) is 12.6. The lowest BCUT2D eigenvalue weighted by Gasteiger charge is -2.12. The standard InChI is InChI=1S/C30H24N2O9/c1-3-39-29-31-24-19(14-23-16(2)40-30(38)41-23)12-13-22(27(34)35)25(24)32(29)15-17-8-10-18(11-9-17)20-6-4-5-7-21(20)26(33)28(36)37/h4-13H,3,14-15H2,1-2H3,(H,34,35)(H,36,37). The van der Waals surface area contributed by atoms with E-state index in [-0.39, 0.29) is 36.7 Å². The number of benzene rings is 3. The van der Waals surface area contributed by atoms with Crippen molar-refractivity contribution >= 4 is 28.8 Å². The molecule has 2 N–H and O–H groups in total. The van der Waals surface area contributed by atoms with Gasteiger partial charge in [0.1, 0.15) is 5.76 Å². The Hall–Kier alpha value is -5.45. The summed E-state index contributed by atoms with van der Waals surface area (Å²) in [6, 6.07) is 16.9. The van der Waals surface area contributed by atoms with Gasteiger partial charge in [0, 0.05) is 12.0 Å². The largest absolute Gasteiger partial charge is 0.519 e.